The summed E-state index contributed by atoms with van der Waals surface area (Å²) in [6.45, 7) is 3.26. The minimum Gasteiger partial charge on any atom is -0.465 e. The van der Waals surface area contributed by atoms with Gasteiger partial charge in [0.1, 0.15) is 0 Å². The van der Waals surface area contributed by atoms with Gasteiger partial charge in [-0.25, -0.2) is 4.79 Å². The van der Waals surface area contributed by atoms with E-state index in [-0.39, 0.29) is 17.9 Å². The summed E-state index contributed by atoms with van der Waals surface area (Å²) in [6.07, 6.45) is -0.296. The number of carboxylic acid groups (broad SMARTS) is 1. The second-order valence-corrected chi connectivity index (χ2v) is 10.2. The van der Waals surface area contributed by atoms with E-state index in [1.165, 1.54) is 21.2 Å². The first-order chi connectivity index (χ1) is 19.1. The highest BCUT2D eigenvalue weighted by Crippen LogP contribution is 2.34. The predicted molar refractivity (Wildman–Crippen MR) is 155 cm³/mol. The zero-order valence-corrected chi connectivity index (χ0v) is 22.3. The first-order valence-electron chi connectivity index (χ1n) is 13.6. The SMILES string of the molecule is COCC1CNCC(OCc2ccc3ccccc3c2)C1c1ccc(CCN(C(=O)O)c2ccccc2)cc1. The van der Waals surface area contributed by atoms with Crippen LogP contribution < -0.4 is 10.2 Å². The number of ether oxygens (including phenoxy) is 2. The number of piperidine rings is 1. The second-order valence-electron chi connectivity index (χ2n) is 10.2. The Balaban J connectivity index is 1.28. The summed E-state index contributed by atoms with van der Waals surface area (Å²) in [4.78, 5) is 13.2. The number of methoxy groups -OCH3 is 1. The Morgan fingerprint density at radius 2 is 1.62 bits per heavy atom. The number of nitrogens with one attached hydrogen (secondary N) is 1. The molecule has 2 N–H and O–H groups in total. The number of amides is 1. The van der Waals surface area contributed by atoms with E-state index in [9.17, 15) is 9.90 Å². The Morgan fingerprint density at radius 1 is 0.897 bits per heavy atom. The quantitative estimate of drug-likeness (QED) is 0.262. The number of hydrogen-bond acceptors (Lipinski definition) is 4. The molecular formula is C33H36N2O4. The maximum absolute atomic E-state index is 11.8. The fraction of sp³-hybridized carbons (Fsp3) is 0.303. The lowest BCUT2D eigenvalue weighted by molar-refractivity contribution is -0.0192. The first-order valence-corrected chi connectivity index (χ1v) is 13.6. The van der Waals surface area contributed by atoms with E-state index in [1.54, 1.807) is 7.11 Å². The van der Waals surface area contributed by atoms with Gasteiger partial charge in [-0.3, -0.25) is 4.90 Å². The van der Waals surface area contributed by atoms with Gasteiger partial charge in [-0.1, -0.05) is 78.9 Å². The van der Waals surface area contributed by atoms with Crippen molar-refractivity contribution in [1.29, 1.82) is 0 Å². The summed E-state index contributed by atoms with van der Waals surface area (Å²) in [5.41, 5.74) is 4.18. The molecule has 6 nitrogen and oxygen atoms in total. The van der Waals surface area contributed by atoms with Crippen molar-refractivity contribution in [2.75, 3.05) is 38.3 Å². The third kappa shape index (κ3) is 6.66. The van der Waals surface area contributed by atoms with Gasteiger partial charge in [-0.2, -0.15) is 0 Å². The zero-order chi connectivity index (χ0) is 27.0. The van der Waals surface area contributed by atoms with Gasteiger partial charge in [0.25, 0.3) is 0 Å². The van der Waals surface area contributed by atoms with Gasteiger partial charge in [0.15, 0.2) is 0 Å². The molecule has 1 amide bonds. The van der Waals surface area contributed by atoms with E-state index in [4.69, 9.17) is 9.47 Å². The van der Waals surface area contributed by atoms with Crippen LogP contribution in [0.4, 0.5) is 10.5 Å². The van der Waals surface area contributed by atoms with Crippen molar-refractivity contribution in [3.63, 3.8) is 0 Å². The molecule has 0 aliphatic carbocycles. The molecular weight excluding hydrogens is 488 g/mol. The number of benzene rings is 4. The van der Waals surface area contributed by atoms with Gasteiger partial charge in [0.2, 0.25) is 0 Å². The normalized spacial score (nSPS) is 19.2. The second kappa shape index (κ2) is 12.9. The first kappa shape index (κ1) is 26.9. The van der Waals surface area contributed by atoms with Gasteiger partial charge in [0.05, 0.1) is 19.3 Å². The Labute approximate surface area is 230 Å². The van der Waals surface area contributed by atoms with E-state index in [1.807, 2.05) is 30.3 Å². The van der Waals surface area contributed by atoms with Crippen LogP contribution in [0.5, 0.6) is 0 Å². The molecule has 1 aliphatic heterocycles. The van der Waals surface area contributed by atoms with Crippen LogP contribution in [0.25, 0.3) is 10.8 Å². The highest BCUT2D eigenvalue weighted by molar-refractivity contribution is 5.86. The van der Waals surface area contributed by atoms with E-state index in [0.717, 1.165) is 24.2 Å². The van der Waals surface area contributed by atoms with Crippen LogP contribution in [-0.2, 0) is 22.5 Å². The number of para-hydroxylation sites is 1. The van der Waals surface area contributed by atoms with Gasteiger partial charge >= 0.3 is 6.09 Å². The molecule has 0 aromatic heterocycles. The molecule has 1 heterocycles. The number of hydrogen-bond donors (Lipinski definition) is 2. The van der Waals surface area contributed by atoms with Crippen LogP contribution in [0.3, 0.4) is 0 Å². The number of nitrogens with zero attached hydrogens (tertiary/aromatic N) is 1. The van der Waals surface area contributed by atoms with E-state index in [2.05, 4.69) is 72.0 Å². The van der Waals surface area contributed by atoms with Crippen LogP contribution in [0.15, 0.2) is 97.1 Å². The Bertz CT molecular complexity index is 1360. The lowest BCUT2D eigenvalue weighted by Gasteiger charge is -2.39. The predicted octanol–water partition coefficient (Wildman–Crippen LogP) is 6.10. The maximum Gasteiger partial charge on any atom is 0.411 e. The molecule has 0 saturated carbocycles. The Hall–Kier alpha value is -3.71. The molecule has 1 aliphatic rings. The van der Waals surface area contributed by atoms with Crippen LogP contribution in [0.2, 0.25) is 0 Å². The standard InChI is InChI=1S/C33H36N2O4/c1-38-23-29-20-34-21-31(39-22-25-13-14-26-7-5-6-8-28(26)19-25)32(29)27-15-11-24(12-16-27)17-18-35(33(36)37)30-9-3-2-4-10-30/h2-16,19,29,31-32,34H,17-18,20-23H2,1H3,(H,36,37). The molecule has 5 rings (SSSR count). The largest absolute Gasteiger partial charge is 0.465 e. The average Bonchev–Trinajstić information content (AvgIpc) is 2.97. The molecule has 4 aromatic carbocycles. The molecule has 4 aromatic rings. The van der Waals surface area contributed by atoms with Gasteiger partial charge in [-0.15, -0.1) is 0 Å². The highest BCUT2D eigenvalue weighted by atomic mass is 16.5. The molecule has 39 heavy (non-hydrogen) atoms. The molecule has 1 fully saturated rings. The van der Waals surface area contributed by atoms with Crippen LogP contribution in [0, 0.1) is 5.92 Å². The molecule has 1 saturated heterocycles. The van der Waals surface area contributed by atoms with Crippen LogP contribution in [-0.4, -0.2) is 50.7 Å². The van der Waals surface area contributed by atoms with Crippen molar-refractivity contribution in [3.05, 3.63) is 114 Å². The van der Waals surface area contributed by atoms with Crippen LogP contribution >= 0.6 is 0 Å². The molecule has 3 atom stereocenters. The van der Waals surface area contributed by atoms with E-state index < -0.39 is 6.09 Å². The van der Waals surface area contributed by atoms with Crippen molar-refractivity contribution < 1.29 is 19.4 Å². The number of anilines is 1. The third-order valence-corrected chi connectivity index (χ3v) is 7.61. The zero-order valence-electron chi connectivity index (χ0n) is 22.3. The van der Waals surface area contributed by atoms with E-state index >= 15 is 0 Å². The van der Waals surface area contributed by atoms with Gasteiger partial charge in [0, 0.05) is 44.3 Å². The van der Waals surface area contributed by atoms with Gasteiger partial charge in [-0.05, 0) is 52.1 Å². The van der Waals surface area contributed by atoms with Crippen molar-refractivity contribution in [1.82, 2.24) is 5.32 Å². The lowest BCUT2D eigenvalue weighted by atomic mass is 9.79. The van der Waals surface area contributed by atoms with E-state index in [0.29, 0.717) is 31.9 Å². The maximum atomic E-state index is 11.8. The summed E-state index contributed by atoms with van der Waals surface area (Å²) in [7, 11) is 1.75. The summed E-state index contributed by atoms with van der Waals surface area (Å²) >= 11 is 0. The summed E-state index contributed by atoms with van der Waals surface area (Å²) in [5, 5.41) is 15.7. The lowest BCUT2D eigenvalue weighted by Crippen LogP contribution is -2.48. The molecule has 3 unspecified atom stereocenters. The minimum atomic E-state index is -0.943. The Kier molecular flexibility index (Phi) is 8.89. The molecule has 0 bridgehead atoms. The minimum absolute atomic E-state index is 0.0109. The number of fused-ring (bicyclic) bond motifs is 1. The number of rotatable bonds is 10. The van der Waals surface area contributed by atoms with Gasteiger partial charge < -0.3 is 19.9 Å². The highest BCUT2D eigenvalue weighted by Gasteiger charge is 2.35. The number of carbonyl (C=O) groups is 1. The Morgan fingerprint density at radius 3 is 2.36 bits per heavy atom. The summed E-state index contributed by atoms with van der Waals surface area (Å²) in [5.74, 6) is 0.484. The molecule has 202 valence electrons. The fourth-order valence-corrected chi connectivity index (χ4v) is 5.62. The van der Waals surface area contributed by atoms with Crippen molar-refractivity contribution in [3.8, 4) is 0 Å². The molecule has 0 spiro atoms. The summed E-state index contributed by atoms with van der Waals surface area (Å²) < 4.78 is 12.1. The third-order valence-electron chi connectivity index (χ3n) is 7.61. The van der Waals surface area contributed by atoms with Crippen molar-refractivity contribution >= 4 is 22.6 Å². The van der Waals surface area contributed by atoms with Crippen molar-refractivity contribution in [2.45, 2.75) is 25.0 Å². The molecule has 6 heteroatoms. The fourth-order valence-electron chi connectivity index (χ4n) is 5.62. The summed E-state index contributed by atoms with van der Waals surface area (Å²) in [6, 6.07) is 32.7. The average molecular weight is 525 g/mol. The molecule has 0 radical (unpaired) electrons. The van der Waals surface area contributed by atoms with Crippen LogP contribution in [0.1, 0.15) is 22.6 Å². The smallest absolute Gasteiger partial charge is 0.411 e. The monoisotopic (exact) mass is 524 g/mol. The topological polar surface area (TPSA) is 71.0 Å². The van der Waals surface area contributed by atoms with Crippen molar-refractivity contribution in [2.24, 2.45) is 5.92 Å².